The smallest absolute Gasteiger partial charge is 0.416 e. The van der Waals surface area contributed by atoms with Crippen molar-refractivity contribution in [1.82, 2.24) is 0 Å². The summed E-state index contributed by atoms with van der Waals surface area (Å²) in [7, 11) is 2.67. The van der Waals surface area contributed by atoms with Crippen molar-refractivity contribution in [2.75, 3.05) is 19.6 Å². The Morgan fingerprint density at radius 3 is 2.23 bits per heavy atom. The molecule has 2 rings (SSSR count). The van der Waals surface area contributed by atoms with Crippen LogP contribution in [0.1, 0.15) is 11.1 Å². The number of ether oxygens (including phenoxy) is 2. The molecule has 2 aromatic carbocycles. The summed E-state index contributed by atoms with van der Waals surface area (Å²) in [4.78, 5) is 10.5. The molecule has 1 N–H and O–H groups in total. The van der Waals surface area contributed by atoms with E-state index in [0.717, 1.165) is 12.1 Å². The predicted octanol–water partition coefficient (Wildman–Crippen LogP) is 4.08. The second-order valence-corrected chi connectivity index (χ2v) is 4.97. The van der Waals surface area contributed by atoms with Gasteiger partial charge < -0.3 is 9.47 Å². The van der Waals surface area contributed by atoms with Gasteiger partial charge in [0, 0.05) is 17.7 Å². The van der Waals surface area contributed by atoms with Crippen molar-refractivity contribution in [3.05, 3.63) is 57.6 Å². The van der Waals surface area contributed by atoms with Gasteiger partial charge in [0.25, 0.3) is 0 Å². The van der Waals surface area contributed by atoms with Crippen molar-refractivity contribution in [1.29, 1.82) is 0 Å². The van der Waals surface area contributed by atoms with E-state index >= 15 is 0 Å². The van der Waals surface area contributed by atoms with Gasteiger partial charge in [0.1, 0.15) is 5.75 Å². The van der Waals surface area contributed by atoms with Crippen LogP contribution in [0.5, 0.6) is 11.5 Å². The van der Waals surface area contributed by atoms with E-state index in [2.05, 4.69) is 10.5 Å². The van der Waals surface area contributed by atoms with E-state index in [1.165, 1.54) is 44.7 Å². The Bertz CT molecular complexity index is 821. The van der Waals surface area contributed by atoms with E-state index in [1.54, 1.807) is 0 Å². The van der Waals surface area contributed by atoms with Crippen LogP contribution in [0.2, 0.25) is 0 Å². The summed E-state index contributed by atoms with van der Waals surface area (Å²) >= 11 is 0. The third kappa shape index (κ3) is 4.41. The molecule has 0 bridgehead atoms. The Kier molecular flexibility index (Phi) is 5.65. The van der Waals surface area contributed by atoms with Crippen LogP contribution in [0, 0.1) is 10.1 Å². The minimum Gasteiger partial charge on any atom is -0.496 e. The molecule has 0 unspecified atom stereocenters. The highest BCUT2D eigenvalue weighted by atomic mass is 19.4. The van der Waals surface area contributed by atoms with Crippen molar-refractivity contribution < 1.29 is 27.6 Å². The number of rotatable bonds is 6. The van der Waals surface area contributed by atoms with Crippen LogP contribution in [0.25, 0.3) is 0 Å². The van der Waals surface area contributed by atoms with Crippen LogP contribution in [-0.2, 0) is 6.18 Å². The largest absolute Gasteiger partial charge is 0.496 e. The number of benzene rings is 2. The standard InChI is InChI=1S/C16H14F3N3O4/c1-25-14-8-15(26-2)13(22(23)24)7-10(14)9-20-21-12-5-3-11(4-6-12)16(17,18)19/h3-9,21H,1-2H3/b20-9+. The van der Waals surface area contributed by atoms with Crippen LogP contribution in [0.15, 0.2) is 41.5 Å². The van der Waals surface area contributed by atoms with Gasteiger partial charge in [-0.3, -0.25) is 15.5 Å². The average molecular weight is 369 g/mol. The summed E-state index contributed by atoms with van der Waals surface area (Å²) in [6, 6.07) is 6.82. The minimum atomic E-state index is -4.42. The summed E-state index contributed by atoms with van der Waals surface area (Å²) in [5.74, 6) is 0.310. The topological polar surface area (TPSA) is 86.0 Å². The zero-order chi connectivity index (χ0) is 19.3. The molecular formula is C16H14F3N3O4. The number of anilines is 1. The summed E-state index contributed by atoms with van der Waals surface area (Å²) < 4.78 is 47.6. The number of methoxy groups -OCH3 is 2. The number of alkyl halides is 3. The second-order valence-electron chi connectivity index (χ2n) is 4.97. The number of nitrogens with one attached hydrogen (secondary N) is 1. The molecule has 2 aromatic rings. The third-order valence-electron chi connectivity index (χ3n) is 3.34. The number of hydrogen-bond acceptors (Lipinski definition) is 6. The molecule has 0 amide bonds. The maximum atomic E-state index is 12.5. The van der Waals surface area contributed by atoms with E-state index in [-0.39, 0.29) is 17.2 Å². The second kappa shape index (κ2) is 7.72. The highest BCUT2D eigenvalue weighted by Crippen LogP contribution is 2.33. The van der Waals surface area contributed by atoms with Gasteiger partial charge in [-0.25, -0.2) is 0 Å². The molecule has 138 valence electrons. The first-order chi connectivity index (χ1) is 12.3. The first-order valence-electron chi connectivity index (χ1n) is 7.13. The van der Waals surface area contributed by atoms with Crippen LogP contribution >= 0.6 is 0 Å². The lowest BCUT2D eigenvalue weighted by atomic mass is 10.1. The van der Waals surface area contributed by atoms with Crippen LogP contribution in [-0.4, -0.2) is 25.4 Å². The zero-order valence-electron chi connectivity index (χ0n) is 13.7. The molecule has 26 heavy (non-hydrogen) atoms. The lowest BCUT2D eigenvalue weighted by molar-refractivity contribution is -0.385. The molecule has 10 heteroatoms. The number of hydrazone groups is 1. The number of halogens is 3. The van der Waals surface area contributed by atoms with Gasteiger partial charge in [-0.15, -0.1) is 0 Å². The fourth-order valence-corrected chi connectivity index (χ4v) is 2.06. The van der Waals surface area contributed by atoms with Gasteiger partial charge in [0.15, 0.2) is 0 Å². The van der Waals surface area contributed by atoms with E-state index < -0.39 is 16.7 Å². The van der Waals surface area contributed by atoms with Gasteiger partial charge in [-0.05, 0) is 24.3 Å². The molecule has 0 fully saturated rings. The molecule has 0 saturated carbocycles. The first kappa shape index (κ1) is 19.0. The number of nitro benzene ring substituents is 1. The predicted molar refractivity (Wildman–Crippen MR) is 88.9 cm³/mol. The monoisotopic (exact) mass is 369 g/mol. The Hall–Kier alpha value is -3.30. The number of hydrogen-bond donors (Lipinski definition) is 1. The number of nitro groups is 1. The molecule has 0 aromatic heterocycles. The normalized spacial score (nSPS) is 11.4. The summed E-state index contributed by atoms with van der Waals surface area (Å²) in [6.07, 6.45) is -3.17. The van der Waals surface area contributed by atoms with Crippen LogP contribution < -0.4 is 14.9 Å². The molecule has 7 nitrogen and oxygen atoms in total. The fourth-order valence-electron chi connectivity index (χ4n) is 2.06. The summed E-state index contributed by atoms with van der Waals surface area (Å²) in [6.45, 7) is 0. The molecule has 0 aliphatic heterocycles. The van der Waals surface area contributed by atoms with Crippen molar-refractivity contribution in [2.45, 2.75) is 6.18 Å². The van der Waals surface area contributed by atoms with Crippen molar-refractivity contribution in [3.63, 3.8) is 0 Å². The van der Waals surface area contributed by atoms with Gasteiger partial charge in [0.2, 0.25) is 5.75 Å². The lowest BCUT2D eigenvalue weighted by Crippen LogP contribution is -2.04. The number of nitrogens with zero attached hydrogens (tertiary/aromatic N) is 2. The summed E-state index contributed by atoms with van der Waals surface area (Å²) in [5, 5.41) is 14.9. The molecule has 0 radical (unpaired) electrons. The molecular weight excluding hydrogens is 355 g/mol. The first-order valence-corrected chi connectivity index (χ1v) is 7.13. The van der Waals surface area contributed by atoms with E-state index in [1.807, 2.05) is 0 Å². The highest BCUT2D eigenvalue weighted by Gasteiger charge is 2.29. The lowest BCUT2D eigenvalue weighted by Gasteiger charge is -2.09. The van der Waals surface area contributed by atoms with E-state index in [0.29, 0.717) is 11.3 Å². The molecule has 0 aliphatic carbocycles. The highest BCUT2D eigenvalue weighted by molar-refractivity contribution is 5.86. The minimum absolute atomic E-state index is 0.0275. The molecule has 0 heterocycles. The summed E-state index contributed by atoms with van der Waals surface area (Å²) in [5.41, 5.74) is 2.10. The SMILES string of the molecule is COc1cc(OC)c([N+](=O)[O-])cc1/C=N/Nc1ccc(C(F)(F)F)cc1. The van der Waals surface area contributed by atoms with E-state index in [4.69, 9.17) is 9.47 Å². The molecule has 0 spiro atoms. The zero-order valence-corrected chi connectivity index (χ0v) is 13.7. The van der Waals surface area contributed by atoms with Gasteiger partial charge in [0.05, 0.1) is 36.6 Å². The Morgan fingerprint density at radius 1 is 1.12 bits per heavy atom. The molecule has 0 atom stereocenters. The Labute approximate surface area is 146 Å². The quantitative estimate of drug-likeness (QED) is 0.471. The van der Waals surface area contributed by atoms with Gasteiger partial charge >= 0.3 is 11.9 Å². The maximum absolute atomic E-state index is 12.5. The van der Waals surface area contributed by atoms with Crippen molar-refractivity contribution >= 4 is 17.6 Å². The van der Waals surface area contributed by atoms with Crippen molar-refractivity contribution in [2.24, 2.45) is 5.10 Å². The third-order valence-corrected chi connectivity index (χ3v) is 3.34. The van der Waals surface area contributed by atoms with Gasteiger partial charge in [-0.1, -0.05) is 0 Å². The van der Waals surface area contributed by atoms with Gasteiger partial charge in [-0.2, -0.15) is 18.3 Å². The average Bonchev–Trinajstić information content (AvgIpc) is 2.60. The molecule has 0 saturated heterocycles. The van der Waals surface area contributed by atoms with E-state index in [9.17, 15) is 23.3 Å². The Morgan fingerprint density at radius 2 is 1.73 bits per heavy atom. The van der Waals surface area contributed by atoms with Crippen LogP contribution in [0.4, 0.5) is 24.5 Å². The Balaban J connectivity index is 2.22. The van der Waals surface area contributed by atoms with Crippen molar-refractivity contribution in [3.8, 4) is 11.5 Å². The van der Waals surface area contributed by atoms with Crippen LogP contribution in [0.3, 0.4) is 0 Å². The maximum Gasteiger partial charge on any atom is 0.416 e. The fraction of sp³-hybridized carbons (Fsp3) is 0.188. The molecule has 0 aliphatic rings.